The fourth-order valence-corrected chi connectivity index (χ4v) is 4.57. The van der Waals surface area contributed by atoms with Crippen LogP contribution in [0.25, 0.3) is 5.57 Å². The number of halogens is 10. The van der Waals surface area contributed by atoms with Gasteiger partial charge in [-0.3, -0.25) is 9.69 Å². The number of carbonyl (C=O) groups excluding carboxylic acids is 1. The third kappa shape index (κ3) is 5.22. The van der Waals surface area contributed by atoms with Crippen LogP contribution in [-0.4, -0.2) is 21.5 Å². The summed E-state index contributed by atoms with van der Waals surface area (Å²) in [6.07, 6.45) is -2.90. The van der Waals surface area contributed by atoms with E-state index in [-0.39, 0.29) is 20.7 Å². The maximum atomic E-state index is 17.4. The maximum Gasteiger partial charge on any atom is 0.436 e. The van der Waals surface area contributed by atoms with Crippen molar-refractivity contribution in [2.24, 2.45) is 7.05 Å². The van der Waals surface area contributed by atoms with Gasteiger partial charge in [0.1, 0.15) is 25.6 Å². The number of allylic oxidation sites excluding steroid dienone is 2. The van der Waals surface area contributed by atoms with Crippen LogP contribution in [0.1, 0.15) is 44.7 Å². The number of hydrogen-bond acceptors (Lipinski definition) is 2. The highest BCUT2D eigenvalue weighted by atomic mass is 19.4. The summed E-state index contributed by atoms with van der Waals surface area (Å²) in [7, 11) is 0.747. The number of carbonyl (C=O) groups is 1. The molecule has 0 aliphatic heterocycles. The van der Waals surface area contributed by atoms with Crippen LogP contribution in [0, 0.1) is 17.6 Å². The van der Waals surface area contributed by atoms with Crippen LogP contribution in [0.3, 0.4) is 0 Å². The molecule has 1 atom stereocenters. The quantitative estimate of drug-likeness (QED) is 0.210. The van der Waals surface area contributed by atoms with E-state index in [2.05, 4.69) is 5.10 Å². The van der Waals surface area contributed by atoms with Crippen molar-refractivity contribution in [2.45, 2.75) is 38.4 Å². The molecule has 1 aliphatic rings. The van der Waals surface area contributed by atoms with Gasteiger partial charge in [-0.05, 0) is 41.0 Å². The van der Waals surface area contributed by atoms with Gasteiger partial charge in [0.2, 0.25) is 11.7 Å². The van der Waals surface area contributed by atoms with Crippen LogP contribution in [-0.2, 0) is 33.2 Å². The molecule has 1 aliphatic carbocycles. The van der Waals surface area contributed by atoms with Gasteiger partial charge in [0.05, 0.1) is 5.69 Å². The molecule has 14 heteroatoms. The number of aryl methyl sites for hydroxylation is 1. The predicted molar refractivity (Wildman–Crippen MR) is 128 cm³/mol. The Morgan fingerprint density at radius 1 is 0.976 bits per heavy atom. The molecule has 0 bridgehead atoms. The number of nitrogens with zero attached hydrogens (tertiary/aromatic N) is 3. The van der Waals surface area contributed by atoms with Gasteiger partial charge in [0.25, 0.3) is 5.91 Å². The Morgan fingerprint density at radius 3 is 2.20 bits per heavy atom. The van der Waals surface area contributed by atoms with E-state index in [9.17, 15) is 39.9 Å². The van der Waals surface area contributed by atoms with E-state index < -0.39 is 95.5 Å². The lowest BCUT2D eigenvalue weighted by molar-refractivity contribution is -0.141. The molecule has 4 rings (SSSR count). The first-order valence-corrected chi connectivity index (χ1v) is 11.8. The monoisotopic (exact) mass is 591 g/mol. The van der Waals surface area contributed by atoms with Crippen LogP contribution in [0.2, 0.25) is 0 Å². The molecule has 3 aromatic rings. The largest absolute Gasteiger partial charge is 0.436 e. The Bertz CT molecular complexity index is 1560. The first-order chi connectivity index (χ1) is 19.3. The molecular formula is C27H19F10N3O. The van der Waals surface area contributed by atoms with Crippen molar-refractivity contribution in [1.29, 1.82) is 0 Å². The zero-order valence-corrected chi connectivity index (χ0v) is 21.0. The van der Waals surface area contributed by atoms with Gasteiger partial charge >= 0.3 is 6.18 Å². The summed E-state index contributed by atoms with van der Waals surface area (Å²) in [5, 5.41) is 2.99. The second kappa shape index (κ2) is 11.1. The lowest BCUT2D eigenvalue weighted by Crippen LogP contribution is -2.51. The lowest BCUT2D eigenvalue weighted by atomic mass is 9.87. The highest BCUT2D eigenvalue weighted by Crippen LogP contribution is 2.46. The molecule has 1 aromatic heterocycles. The number of rotatable bonds is 7. The van der Waals surface area contributed by atoms with E-state index in [0.717, 1.165) is 31.3 Å². The second-order valence-electron chi connectivity index (χ2n) is 9.03. The predicted octanol–water partition coefficient (Wildman–Crippen LogP) is 7.62. The number of anilines is 1. The van der Waals surface area contributed by atoms with Gasteiger partial charge in [-0.25, -0.2) is 31.0 Å². The average Bonchev–Trinajstić information content (AvgIpc) is 3.24. The number of benzene rings is 2. The summed E-state index contributed by atoms with van der Waals surface area (Å²) in [6.45, 7) is -4.24. The topological polar surface area (TPSA) is 38.1 Å². The highest BCUT2D eigenvalue weighted by Gasteiger charge is 2.50. The van der Waals surface area contributed by atoms with E-state index in [1.54, 1.807) is 0 Å². The molecule has 0 N–H and O–H groups in total. The van der Waals surface area contributed by atoms with Crippen molar-refractivity contribution in [3.05, 3.63) is 99.7 Å². The van der Waals surface area contributed by atoms with Crippen molar-refractivity contribution >= 4 is 17.2 Å². The van der Waals surface area contributed by atoms with E-state index in [0.29, 0.717) is 18.2 Å². The normalized spacial score (nSPS) is 17.1. The van der Waals surface area contributed by atoms with Gasteiger partial charge in [0, 0.05) is 24.6 Å². The summed E-state index contributed by atoms with van der Waals surface area (Å²) in [5.41, 5.74) is -7.11. The first-order valence-electron chi connectivity index (χ1n) is 11.8. The van der Waals surface area contributed by atoms with Crippen LogP contribution >= 0.6 is 0 Å². The van der Waals surface area contributed by atoms with Crippen molar-refractivity contribution in [1.82, 2.24) is 9.78 Å². The van der Waals surface area contributed by atoms with E-state index in [4.69, 9.17) is 0 Å². The van der Waals surface area contributed by atoms with Crippen LogP contribution < -0.4 is 4.90 Å². The van der Waals surface area contributed by atoms with Crippen molar-refractivity contribution in [3.63, 3.8) is 0 Å². The molecule has 218 valence electrons. The van der Waals surface area contributed by atoms with E-state index in [1.807, 2.05) is 0 Å². The smallest absolute Gasteiger partial charge is 0.270 e. The van der Waals surface area contributed by atoms with Gasteiger partial charge in [-0.1, -0.05) is 24.3 Å². The third-order valence-corrected chi connectivity index (χ3v) is 6.52. The van der Waals surface area contributed by atoms with Crippen LogP contribution in [0.15, 0.2) is 48.6 Å². The third-order valence-electron chi connectivity index (χ3n) is 6.52. The molecule has 1 unspecified atom stereocenters. The van der Waals surface area contributed by atoms with Crippen molar-refractivity contribution < 1.29 is 48.7 Å². The SMILES string of the molecule is Cn1nc(C(F)(F)F)c(C(=O)N(c2cc(CF)c(CF)cc2CF)C2(F)CC=CC=C2c2ccc(F)c(F)c2)c1F. The highest BCUT2D eigenvalue weighted by molar-refractivity contribution is 6.10. The number of alkyl halides is 7. The summed E-state index contributed by atoms with van der Waals surface area (Å²) < 4.78 is 143. The number of aromatic nitrogens is 2. The fourth-order valence-electron chi connectivity index (χ4n) is 4.57. The zero-order valence-electron chi connectivity index (χ0n) is 21.0. The Kier molecular flexibility index (Phi) is 8.05. The van der Waals surface area contributed by atoms with Gasteiger partial charge < -0.3 is 0 Å². The first kappa shape index (κ1) is 29.9. The van der Waals surface area contributed by atoms with Gasteiger partial charge in [-0.15, -0.1) is 0 Å². The molecule has 0 fully saturated rings. The molecule has 1 heterocycles. The maximum absolute atomic E-state index is 17.4. The minimum atomic E-state index is -5.42. The minimum absolute atomic E-state index is 0.0188. The zero-order chi connectivity index (χ0) is 30.3. The van der Waals surface area contributed by atoms with Gasteiger partial charge in [0.15, 0.2) is 17.3 Å². The fraction of sp³-hybridized carbons (Fsp3) is 0.259. The number of hydrogen-bond donors (Lipinski definition) is 0. The molecule has 41 heavy (non-hydrogen) atoms. The summed E-state index contributed by atoms with van der Waals surface area (Å²) in [4.78, 5) is 13.9. The summed E-state index contributed by atoms with van der Waals surface area (Å²) >= 11 is 0. The average molecular weight is 591 g/mol. The van der Waals surface area contributed by atoms with Crippen LogP contribution in [0.5, 0.6) is 0 Å². The van der Waals surface area contributed by atoms with Crippen LogP contribution in [0.4, 0.5) is 49.6 Å². The van der Waals surface area contributed by atoms with Crippen molar-refractivity contribution in [3.8, 4) is 0 Å². The van der Waals surface area contributed by atoms with E-state index in [1.165, 1.54) is 6.08 Å². The molecule has 0 saturated heterocycles. The Hall–Kier alpha value is -4.10. The number of amides is 1. The Labute approximate surface area is 226 Å². The minimum Gasteiger partial charge on any atom is -0.270 e. The standard InChI is InChI=1S/C27H19F10N3O/c1-39-24(33)22(23(38-39)27(35,36)37)25(41)40(21-10-16(12-29)15(11-28)8-17(21)13-30)26(34)7-3-2-4-18(26)14-5-6-19(31)20(32)9-14/h2-6,8-10H,7,11-13H2,1H3. The summed E-state index contributed by atoms with van der Waals surface area (Å²) in [6, 6.07) is 3.53. The molecule has 4 nitrogen and oxygen atoms in total. The second-order valence-corrected chi connectivity index (χ2v) is 9.03. The van der Waals surface area contributed by atoms with Crippen molar-refractivity contribution in [2.75, 3.05) is 4.90 Å². The van der Waals surface area contributed by atoms with Gasteiger partial charge in [-0.2, -0.15) is 22.7 Å². The van der Waals surface area contributed by atoms with E-state index >= 15 is 8.78 Å². The molecule has 0 saturated carbocycles. The Balaban J connectivity index is 2.07. The molecular weight excluding hydrogens is 572 g/mol. The molecule has 1 amide bonds. The lowest BCUT2D eigenvalue weighted by Gasteiger charge is -2.41. The molecule has 0 spiro atoms. The Morgan fingerprint density at radius 2 is 1.61 bits per heavy atom. The molecule has 0 radical (unpaired) electrons. The molecule has 2 aromatic carbocycles. The summed E-state index contributed by atoms with van der Waals surface area (Å²) in [5.74, 6) is -9.89.